The lowest BCUT2D eigenvalue weighted by atomic mass is 10.1. The molecule has 2 nitrogen and oxygen atoms in total. The van der Waals surface area contributed by atoms with Crippen molar-refractivity contribution < 1.29 is 4.39 Å². The summed E-state index contributed by atoms with van der Waals surface area (Å²) < 4.78 is 13.5. The number of hydrogen-bond acceptors (Lipinski definition) is 1. The molecule has 0 bridgehead atoms. The number of aromatic nitrogens is 1. The van der Waals surface area contributed by atoms with Crippen molar-refractivity contribution in [1.82, 2.24) is 4.98 Å². The van der Waals surface area contributed by atoms with E-state index in [0.29, 0.717) is 11.2 Å². The molecular formula is C11H13FN2. The minimum absolute atomic E-state index is 0.275. The standard InChI is InChI=1S/C11H13FN2/c1-3-8-6(2)14-11-9(8)4-7(13)5-10(11)12/h4-5,14H,3,13H2,1-2H3. The third-order valence-corrected chi connectivity index (χ3v) is 2.56. The number of nitrogens with two attached hydrogens (primary N) is 1. The van der Waals surface area contributed by atoms with Crippen molar-refractivity contribution in [3.63, 3.8) is 0 Å². The van der Waals surface area contributed by atoms with Gasteiger partial charge in [-0.3, -0.25) is 0 Å². The second-order valence-corrected chi connectivity index (χ2v) is 3.51. The van der Waals surface area contributed by atoms with Crippen LogP contribution in [0.4, 0.5) is 10.1 Å². The van der Waals surface area contributed by atoms with E-state index >= 15 is 0 Å². The predicted octanol–water partition coefficient (Wildman–Crippen LogP) is 2.76. The minimum Gasteiger partial charge on any atom is -0.399 e. The molecule has 0 saturated heterocycles. The highest BCUT2D eigenvalue weighted by Gasteiger charge is 2.10. The molecule has 0 fully saturated rings. The van der Waals surface area contributed by atoms with Crippen LogP contribution in [-0.2, 0) is 6.42 Å². The summed E-state index contributed by atoms with van der Waals surface area (Å²) in [4.78, 5) is 3.04. The second-order valence-electron chi connectivity index (χ2n) is 3.51. The fourth-order valence-corrected chi connectivity index (χ4v) is 1.91. The van der Waals surface area contributed by atoms with Crippen LogP contribution in [0, 0.1) is 12.7 Å². The first-order valence-corrected chi connectivity index (χ1v) is 4.69. The van der Waals surface area contributed by atoms with Crippen LogP contribution < -0.4 is 5.73 Å². The number of halogens is 1. The Balaban J connectivity index is 2.87. The molecule has 2 rings (SSSR count). The molecule has 0 spiro atoms. The summed E-state index contributed by atoms with van der Waals surface area (Å²) in [7, 11) is 0. The summed E-state index contributed by atoms with van der Waals surface area (Å²) in [6.07, 6.45) is 0.884. The molecule has 14 heavy (non-hydrogen) atoms. The molecule has 0 aliphatic rings. The normalized spacial score (nSPS) is 11.1. The van der Waals surface area contributed by atoms with E-state index < -0.39 is 0 Å². The zero-order valence-electron chi connectivity index (χ0n) is 8.32. The largest absolute Gasteiger partial charge is 0.399 e. The van der Waals surface area contributed by atoms with Crippen molar-refractivity contribution in [3.8, 4) is 0 Å². The van der Waals surface area contributed by atoms with Crippen LogP contribution in [-0.4, -0.2) is 4.98 Å². The van der Waals surface area contributed by atoms with Gasteiger partial charge in [0.2, 0.25) is 0 Å². The van der Waals surface area contributed by atoms with Gasteiger partial charge in [0.05, 0.1) is 5.52 Å². The second kappa shape index (κ2) is 3.01. The molecule has 0 unspecified atom stereocenters. The molecule has 3 N–H and O–H groups in total. The van der Waals surface area contributed by atoms with Gasteiger partial charge in [-0.15, -0.1) is 0 Å². The number of fused-ring (bicyclic) bond motifs is 1. The van der Waals surface area contributed by atoms with E-state index in [2.05, 4.69) is 11.9 Å². The maximum atomic E-state index is 13.5. The Labute approximate surface area is 81.9 Å². The summed E-state index contributed by atoms with van der Waals surface area (Å²) in [6.45, 7) is 4.01. The van der Waals surface area contributed by atoms with E-state index in [1.807, 2.05) is 13.0 Å². The Hall–Kier alpha value is -1.51. The number of nitrogens with one attached hydrogen (secondary N) is 1. The Morgan fingerprint density at radius 2 is 2.14 bits per heavy atom. The maximum absolute atomic E-state index is 13.5. The van der Waals surface area contributed by atoms with Crippen LogP contribution in [0.1, 0.15) is 18.2 Å². The summed E-state index contributed by atoms with van der Waals surface area (Å²) in [5.74, 6) is -0.275. The first-order valence-electron chi connectivity index (χ1n) is 4.69. The van der Waals surface area contributed by atoms with Crippen LogP contribution in [0.5, 0.6) is 0 Å². The van der Waals surface area contributed by atoms with Crippen LogP contribution in [0.25, 0.3) is 10.9 Å². The van der Waals surface area contributed by atoms with Crippen molar-refractivity contribution in [1.29, 1.82) is 0 Å². The molecule has 1 aromatic heterocycles. The molecule has 1 aromatic carbocycles. The number of nitrogen functional groups attached to an aromatic ring is 1. The number of aromatic amines is 1. The monoisotopic (exact) mass is 192 g/mol. The summed E-state index contributed by atoms with van der Waals surface area (Å²) in [5, 5.41) is 0.905. The van der Waals surface area contributed by atoms with Crippen LogP contribution >= 0.6 is 0 Å². The van der Waals surface area contributed by atoms with Gasteiger partial charge >= 0.3 is 0 Å². The highest BCUT2D eigenvalue weighted by atomic mass is 19.1. The first kappa shape index (κ1) is 9.06. The molecule has 3 heteroatoms. The van der Waals surface area contributed by atoms with Crippen molar-refractivity contribution in [2.75, 3.05) is 5.73 Å². The third kappa shape index (κ3) is 1.16. The van der Waals surface area contributed by atoms with Gasteiger partial charge < -0.3 is 10.7 Å². The van der Waals surface area contributed by atoms with Gasteiger partial charge in [0.1, 0.15) is 5.82 Å². The molecule has 2 aromatic rings. The molecule has 1 heterocycles. The number of hydrogen-bond donors (Lipinski definition) is 2. The summed E-state index contributed by atoms with van der Waals surface area (Å²) >= 11 is 0. The minimum atomic E-state index is -0.275. The molecule has 0 amide bonds. The quantitative estimate of drug-likeness (QED) is 0.670. The van der Waals surface area contributed by atoms with E-state index in [4.69, 9.17) is 5.73 Å². The van der Waals surface area contributed by atoms with Gasteiger partial charge in [0.25, 0.3) is 0 Å². The zero-order chi connectivity index (χ0) is 10.3. The SMILES string of the molecule is CCc1c(C)[nH]c2c(F)cc(N)cc12. The Bertz CT molecular complexity index is 485. The van der Waals surface area contributed by atoms with E-state index in [1.165, 1.54) is 6.07 Å². The topological polar surface area (TPSA) is 41.8 Å². The molecule has 0 atom stereocenters. The van der Waals surface area contributed by atoms with Crippen molar-refractivity contribution in [3.05, 3.63) is 29.2 Å². The first-order chi connectivity index (χ1) is 6.63. The van der Waals surface area contributed by atoms with Gasteiger partial charge in [0, 0.05) is 16.8 Å². The lowest BCUT2D eigenvalue weighted by Crippen LogP contribution is -1.87. The Morgan fingerprint density at radius 3 is 2.79 bits per heavy atom. The van der Waals surface area contributed by atoms with Crippen molar-refractivity contribution in [2.24, 2.45) is 0 Å². The predicted molar refractivity (Wildman–Crippen MR) is 56.8 cm³/mol. The van der Waals surface area contributed by atoms with Gasteiger partial charge in [-0.1, -0.05) is 6.92 Å². The number of rotatable bonds is 1. The molecule has 0 aliphatic carbocycles. The van der Waals surface area contributed by atoms with Gasteiger partial charge in [0.15, 0.2) is 0 Å². The Kier molecular flexibility index (Phi) is 1.95. The summed E-state index contributed by atoms with van der Waals surface area (Å²) in [5.41, 5.74) is 8.81. The van der Waals surface area contributed by atoms with Crippen LogP contribution in [0.3, 0.4) is 0 Å². The molecule has 0 radical (unpaired) electrons. The molecule has 0 saturated carbocycles. The zero-order valence-corrected chi connectivity index (χ0v) is 8.32. The molecular weight excluding hydrogens is 179 g/mol. The van der Waals surface area contributed by atoms with Gasteiger partial charge in [-0.25, -0.2) is 4.39 Å². The van der Waals surface area contributed by atoms with Gasteiger partial charge in [-0.2, -0.15) is 0 Å². The Morgan fingerprint density at radius 1 is 1.43 bits per heavy atom. The van der Waals surface area contributed by atoms with Crippen LogP contribution in [0.15, 0.2) is 12.1 Å². The van der Waals surface area contributed by atoms with Crippen molar-refractivity contribution in [2.45, 2.75) is 20.3 Å². The maximum Gasteiger partial charge on any atom is 0.149 e. The number of H-pyrrole nitrogens is 1. The van der Waals surface area contributed by atoms with Crippen molar-refractivity contribution >= 4 is 16.6 Å². The lowest BCUT2D eigenvalue weighted by Gasteiger charge is -1.98. The smallest absolute Gasteiger partial charge is 0.149 e. The third-order valence-electron chi connectivity index (χ3n) is 2.56. The highest BCUT2D eigenvalue weighted by Crippen LogP contribution is 2.26. The molecule has 74 valence electrons. The van der Waals surface area contributed by atoms with E-state index in [1.54, 1.807) is 0 Å². The summed E-state index contributed by atoms with van der Waals surface area (Å²) in [6, 6.07) is 3.17. The highest BCUT2D eigenvalue weighted by molar-refractivity contribution is 5.87. The fourth-order valence-electron chi connectivity index (χ4n) is 1.91. The average molecular weight is 192 g/mol. The molecule has 0 aliphatic heterocycles. The lowest BCUT2D eigenvalue weighted by molar-refractivity contribution is 0.638. The van der Waals surface area contributed by atoms with E-state index in [0.717, 1.165) is 23.1 Å². The van der Waals surface area contributed by atoms with E-state index in [-0.39, 0.29) is 5.82 Å². The number of aryl methyl sites for hydroxylation is 2. The van der Waals surface area contributed by atoms with E-state index in [9.17, 15) is 4.39 Å². The average Bonchev–Trinajstić information content (AvgIpc) is 2.41. The van der Waals surface area contributed by atoms with Gasteiger partial charge in [-0.05, 0) is 31.0 Å². The number of anilines is 1. The fraction of sp³-hybridized carbons (Fsp3) is 0.273. The van der Waals surface area contributed by atoms with Crippen LogP contribution in [0.2, 0.25) is 0 Å². The number of benzene rings is 1.